The Morgan fingerprint density at radius 2 is 1.89 bits per heavy atom. The second kappa shape index (κ2) is 6.56. The smallest absolute Gasteiger partial charge is 0.0771 e. The number of hydrogen-bond donors (Lipinski definition) is 2. The number of nitrogens with zero attached hydrogens (tertiary/aromatic N) is 1. The van der Waals surface area contributed by atoms with E-state index in [1.54, 1.807) is 0 Å². The summed E-state index contributed by atoms with van der Waals surface area (Å²) in [5.41, 5.74) is -0.436. The maximum absolute atomic E-state index is 10.4. The molecule has 18 heavy (non-hydrogen) atoms. The third-order valence-corrected chi connectivity index (χ3v) is 4.41. The maximum atomic E-state index is 10.4. The minimum absolute atomic E-state index is 0.436. The molecule has 1 saturated carbocycles. The molecule has 0 amide bonds. The Morgan fingerprint density at radius 1 is 1.22 bits per heavy atom. The average Bonchev–Trinajstić information content (AvgIpc) is 2.39. The fourth-order valence-corrected chi connectivity index (χ4v) is 3.15. The molecule has 3 heteroatoms. The van der Waals surface area contributed by atoms with Gasteiger partial charge in [-0.1, -0.05) is 25.2 Å². The van der Waals surface area contributed by atoms with Gasteiger partial charge in [0, 0.05) is 25.7 Å². The molecule has 0 bridgehead atoms. The van der Waals surface area contributed by atoms with Gasteiger partial charge < -0.3 is 10.4 Å². The molecule has 0 unspecified atom stereocenters. The second-order valence-corrected chi connectivity index (χ2v) is 5.92. The van der Waals surface area contributed by atoms with Crippen LogP contribution in [0.1, 0.15) is 44.9 Å². The summed E-state index contributed by atoms with van der Waals surface area (Å²) in [6.07, 6.45) is 13.2. The normalized spacial score (nSPS) is 25.8. The van der Waals surface area contributed by atoms with Crippen molar-refractivity contribution in [1.82, 2.24) is 10.2 Å². The van der Waals surface area contributed by atoms with Gasteiger partial charge >= 0.3 is 0 Å². The fraction of sp³-hybridized carbons (Fsp3) is 0.867. The van der Waals surface area contributed by atoms with E-state index in [0.29, 0.717) is 6.04 Å². The monoisotopic (exact) mass is 250 g/mol. The van der Waals surface area contributed by atoms with Crippen LogP contribution >= 0.6 is 0 Å². The summed E-state index contributed by atoms with van der Waals surface area (Å²) >= 11 is 0. The summed E-state index contributed by atoms with van der Waals surface area (Å²) in [6.45, 7) is 3.71. The van der Waals surface area contributed by atoms with E-state index in [2.05, 4.69) is 16.1 Å². The Balaban J connectivity index is 1.67. The predicted molar refractivity (Wildman–Crippen MR) is 74.3 cm³/mol. The molecule has 2 fully saturated rings. The first-order chi connectivity index (χ1) is 8.72. The molecule has 2 rings (SSSR count). The Labute approximate surface area is 111 Å². The van der Waals surface area contributed by atoms with Crippen LogP contribution in [-0.2, 0) is 0 Å². The Morgan fingerprint density at radius 3 is 2.50 bits per heavy atom. The van der Waals surface area contributed by atoms with Crippen molar-refractivity contribution in [3.8, 4) is 12.3 Å². The van der Waals surface area contributed by atoms with Gasteiger partial charge in [-0.3, -0.25) is 4.90 Å². The maximum Gasteiger partial charge on any atom is 0.0771 e. The SMILES string of the molecule is C#CCN1CCC(NCC2(O)CCCCC2)CC1. The van der Waals surface area contributed by atoms with E-state index in [1.165, 1.54) is 19.3 Å². The van der Waals surface area contributed by atoms with E-state index in [4.69, 9.17) is 6.42 Å². The van der Waals surface area contributed by atoms with Crippen LogP contribution in [0.4, 0.5) is 0 Å². The lowest BCUT2D eigenvalue weighted by Gasteiger charge is -2.36. The van der Waals surface area contributed by atoms with E-state index >= 15 is 0 Å². The number of likely N-dealkylation sites (tertiary alicyclic amines) is 1. The summed E-state index contributed by atoms with van der Waals surface area (Å²) in [5.74, 6) is 2.71. The molecule has 0 atom stereocenters. The lowest BCUT2D eigenvalue weighted by Crippen LogP contribution is -2.49. The van der Waals surface area contributed by atoms with Crippen molar-refractivity contribution in [2.75, 3.05) is 26.2 Å². The molecule has 1 saturated heterocycles. The van der Waals surface area contributed by atoms with Crippen molar-refractivity contribution in [3.05, 3.63) is 0 Å². The van der Waals surface area contributed by atoms with Gasteiger partial charge in [0.1, 0.15) is 0 Å². The van der Waals surface area contributed by atoms with E-state index in [-0.39, 0.29) is 0 Å². The standard InChI is InChI=1S/C15H26N2O/c1-2-10-17-11-6-14(7-12-17)16-13-15(18)8-4-3-5-9-15/h1,14,16,18H,3-13H2. The molecular formula is C15H26N2O. The average molecular weight is 250 g/mol. The molecule has 2 aliphatic rings. The highest BCUT2D eigenvalue weighted by atomic mass is 16.3. The molecule has 1 heterocycles. The van der Waals surface area contributed by atoms with Crippen molar-refractivity contribution in [2.45, 2.75) is 56.6 Å². The summed E-state index contributed by atoms with van der Waals surface area (Å²) < 4.78 is 0. The lowest BCUT2D eigenvalue weighted by molar-refractivity contribution is 0.000894. The molecule has 0 aromatic heterocycles. The molecule has 102 valence electrons. The summed E-state index contributed by atoms with van der Waals surface area (Å²) in [5, 5.41) is 14.0. The van der Waals surface area contributed by atoms with Crippen LogP contribution in [0.15, 0.2) is 0 Å². The van der Waals surface area contributed by atoms with Gasteiger partial charge in [0.05, 0.1) is 12.1 Å². The highest BCUT2D eigenvalue weighted by molar-refractivity contribution is 4.91. The molecule has 1 aliphatic heterocycles. The van der Waals surface area contributed by atoms with Crippen molar-refractivity contribution in [2.24, 2.45) is 0 Å². The number of nitrogens with one attached hydrogen (secondary N) is 1. The number of terminal acetylenes is 1. The first-order valence-corrected chi connectivity index (χ1v) is 7.33. The fourth-order valence-electron chi connectivity index (χ4n) is 3.15. The Kier molecular flexibility index (Phi) is 5.05. The zero-order valence-electron chi connectivity index (χ0n) is 11.3. The highest BCUT2D eigenvalue weighted by Crippen LogP contribution is 2.27. The highest BCUT2D eigenvalue weighted by Gasteiger charge is 2.30. The third kappa shape index (κ3) is 3.98. The van der Waals surface area contributed by atoms with Gasteiger partial charge in [-0.2, -0.15) is 0 Å². The molecule has 0 radical (unpaired) electrons. The van der Waals surface area contributed by atoms with E-state index in [9.17, 15) is 5.11 Å². The zero-order chi connectivity index (χ0) is 12.8. The lowest BCUT2D eigenvalue weighted by atomic mass is 9.84. The molecule has 0 aromatic carbocycles. The van der Waals surface area contributed by atoms with Gasteiger partial charge in [-0.05, 0) is 25.7 Å². The van der Waals surface area contributed by atoms with Crippen molar-refractivity contribution < 1.29 is 5.11 Å². The number of hydrogen-bond acceptors (Lipinski definition) is 3. The molecule has 1 aliphatic carbocycles. The van der Waals surface area contributed by atoms with Crippen LogP contribution in [0.2, 0.25) is 0 Å². The summed E-state index contributed by atoms with van der Waals surface area (Å²) in [6, 6.07) is 0.560. The Bertz CT molecular complexity index is 283. The predicted octanol–water partition coefficient (Wildman–Crippen LogP) is 1.37. The summed E-state index contributed by atoms with van der Waals surface area (Å²) in [7, 11) is 0. The number of piperidine rings is 1. The zero-order valence-corrected chi connectivity index (χ0v) is 11.3. The van der Waals surface area contributed by atoms with Crippen LogP contribution in [-0.4, -0.2) is 47.8 Å². The topological polar surface area (TPSA) is 35.5 Å². The van der Waals surface area contributed by atoms with Gasteiger partial charge in [-0.15, -0.1) is 6.42 Å². The molecular weight excluding hydrogens is 224 g/mol. The van der Waals surface area contributed by atoms with Crippen LogP contribution in [0.25, 0.3) is 0 Å². The summed E-state index contributed by atoms with van der Waals surface area (Å²) in [4.78, 5) is 2.33. The van der Waals surface area contributed by atoms with E-state index in [1.807, 2.05) is 0 Å². The van der Waals surface area contributed by atoms with Crippen LogP contribution in [0, 0.1) is 12.3 Å². The molecule has 0 spiro atoms. The quantitative estimate of drug-likeness (QED) is 0.740. The molecule has 3 nitrogen and oxygen atoms in total. The van der Waals surface area contributed by atoms with Gasteiger partial charge in [0.15, 0.2) is 0 Å². The van der Waals surface area contributed by atoms with Gasteiger partial charge in [0.2, 0.25) is 0 Å². The largest absolute Gasteiger partial charge is 0.389 e. The van der Waals surface area contributed by atoms with Gasteiger partial charge in [-0.25, -0.2) is 0 Å². The van der Waals surface area contributed by atoms with Crippen LogP contribution in [0.5, 0.6) is 0 Å². The van der Waals surface area contributed by atoms with Crippen molar-refractivity contribution in [3.63, 3.8) is 0 Å². The Hall–Kier alpha value is -0.560. The van der Waals surface area contributed by atoms with Crippen molar-refractivity contribution in [1.29, 1.82) is 0 Å². The van der Waals surface area contributed by atoms with Crippen molar-refractivity contribution >= 4 is 0 Å². The van der Waals surface area contributed by atoms with E-state index in [0.717, 1.165) is 51.9 Å². The van der Waals surface area contributed by atoms with E-state index < -0.39 is 5.60 Å². The van der Waals surface area contributed by atoms with Crippen LogP contribution in [0.3, 0.4) is 0 Å². The molecule has 2 N–H and O–H groups in total. The van der Waals surface area contributed by atoms with Gasteiger partial charge in [0.25, 0.3) is 0 Å². The van der Waals surface area contributed by atoms with Crippen LogP contribution < -0.4 is 5.32 Å². The third-order valence-electron chi connectivity index (χ3n) is 4.41. The minimum atomic E-state index is -0.436. The first kappa shape index (κ1) is 13.9. The number of rotatable bonds is 4. The first-order valence-electron chi connectivity index (χ1n) is 7.33. The number of aliphatic hydroxyl groups is 1. The minimum Gasteiger partial charge on any atom is -0.389 e. The molecule has 0 aromatic rings. The second-order valence-electron chi connectivity index (χ2n) is 5.92.